The summed E-state index contributed by atoms with van der Waals surface area (Å²) in [6, 6.07) is 0. The zero-order valence-electron chi connectivity index (χ0n) is 7.88. The summed E-state index contributed by atoms with van der Waals surface area (Å²) in [6.07, 6.45) is 5.46. The van der Waals surface area contributed by atoms with Crippen molar-refractivity contribution in [2.45, 2.75) is 45.6 Å². The molecule has 0 aliphatic rings. The van der Waals surface area contributed by atoms with Crippen molar-refractivity contribution in [3.05, 3.63) is 12.7 Å². The summed E-state index contributed by atoms with van der Waals surface area (Å²) in [5.41, 5.74) is 0. The van der Waals surface area contributed by atoms with Crippen molar-refractivity contribution >= 4 is 5.97 Å². The molecule has 1 radical (unpaired) electrons. The Morgan fingerprint density at radius 2 is 2.25 bits per heavy atom. The molecule has 0 saturated carbocycles. The molecule has 0 aliphatic carbocycles. The van der Waals surface area contributed by atoms with E-state index in [1.165, 1.54) is 13.0 Å². The van der Waals surface area contributed by atoms with Crippen molar-refractivity contribution in [1.82, 2.24) is 0 Å². The van der Waals surface area contributed by atoms with Crippen molar-refractivity contribution in [3.8, 4) is 0 Å². The molecular weight excluding hydrogens is 152 g/mol. The predicted octanol–water partition coefficient (Wildman–Crippen LogP) is 2.49. The van der Waals surface area contributed by atoms with Gasteiger partial charge in [-0.25, -0.2) is 0 Å². The van der Waals surface area contributed by atoms with Gasteiger partial charge < -0.3 is 4.74 Å². The Balaban J connectivity index is 3.53. The molecule has 0 heterocycles. The Kier molecular flexibility index (Phi) is 6.44. The Labute approximate surface area is 74.6 Å². The number of hydrogen-bond acceptors (Lipinski definition) is 2. The van der Waals surface area contributed by atoms with Crippen LogP contribution in [-0.4, -0.2) is 12.1 Å². The Bertz CT molecular complexity index is 141. The highest BCUT2D eigenvalue weighted by molar-refractivity contribution is 5.66. The highest BCUT2D eigenvalue weighted by Crippen LogP contribution is 2.07. The van der Waals surface area contributed by atoms with Gasteiger partial charge in [-0.05, 0) is 18.9 Å². The number of unbranched alkanes of at least 4 members (excludes halogenated alkanes) is 2. The topological polar surface area (TPSA) is 26.3 Å². The lowest BCUT2D eigenvalue weighted by molar-refractivity contribution is -0.144. The number of ether oxygens (including phenoxy) is 1. The van der Waals surface area contributed by atoms with Crippen LogP contribution in [0.15, 0.2) is 6.08 Å². The normalized spacial score (nSPS) is 12.2. The summed E-state index contributed by atoms with van der Waals surface area (Å²) >= 11 is 0. The highest BCUT2D eigenvalue weighted by Gasteiger charge is 2.05. The lowest BCUT2D eigenvalue weighted by atomic mass is 10.1. The third-order valence-electron chi connectivity index (χ3n) is 1.62. The quantitative estimate of drug-likeness (QED) is 0.451. The number of carbonyl (C=O) groups is 1. The van der Waals surface area contributed by atoms with E-state index < -0.39 is 0 Å². The fourth-order valence-corrected chi connectivity index (χ4v) is 1.00. The molecular formula is C10H17O2. The highest BCUT2D eigenvalue weighted by atomic mass is 16.5. The van der Waals surface area contributed by atoms with E-state index in [1.807, 2.05) is 0 Å². The van der Waals surface area contributed by atoms with Crippen LogP contribution in [0.2, 0.25) is 0 Å². The largest absolute Gasteiger partial charge is 0.458 e. The fraction of sp³-hybridized carbons (Fsp3) is 0.700. The van der Waals surface area contributed by atoms with Crippen molar-refractivity contribution < 1.29 is 9.53 Å². The average molecular weight is 169 g/mol. The molecule has 69 valence electrons. The van der Waals surface area contributed by atoms with Gasteiger partial charge in [0.25, 0.3) is 0 Å². The monoisotopic (exact) mass is 169 g/mol. The second-order valence-electron chi connectivity index (χ2n) is 2.84. The second kappa shape index (κ2) is 6.89. The van der Waals surface area contributed by atoms with Crippen LogP contribution in [0, 0.1) is 6.58 Å². The van der Waals surface area contributed by atoms with Crippen LogP contribution in [0.3, 0.4) is 0 Å². The minimum absolute atomic E-state index is 0.200. The number of hydrogen-bond donors (Lipinski definition) is 0. The lowest BCUT2D eigenvalue weighted by Crippen LogP contribution is -2.13. The first-order valence-corrected chi connectivity index (χ1v) is 4.43. The van der Waals surface area contributed by atoms with Gasteiger partial charge in [0, 0.05) is 6.92 Å². The van der Waals surface area contributed by atoms with Crippen molar-refractivity contribution in [1.29, 1.82) is 0 Å². The molecule has 2 nitrogen and oxygen atoms in total. The van der Waals surface area contributed by atoms with Gasteiger partial charge in [-0.2, -0.15) is 0 Å². The summed E-state index contributed by atoms with van der Waals surface area (Å²) < 4.78 is 4.93. The third kappa shape index (κ3) is 5.96. The summed E-state index contributed by atoms with van der Waals surface area (Å²) in [5.74, 6) is -0.266. The maximum Gasteiger partial charge on any atom is 0.303 e. The maximum absolute atomic E-state index is 10.5. The van der Waals surface area contributed by atoms with Crippen LogP contribution in [0.4, 0.5) is 0 Å². The van der Waals surface area contributed by atoms with E-state index in [9.17, 15) is 4.79 Å². The van der Waals surface area contributed by atoms with Gasteiger partial charge in [0.05, 0.1) is 0 Å². The third-order valence-corrected chi connectivity index (χ3v) is 1.62. The van der Waals surface area contributed by atoms with Gasteiger partial charge in [-0.1, -0.05) is 26.3 Å². The van der Waals surface area contributed by atoms with Gasteiger partial charge >= 0.3 is 5.97 Å². The van der Waals surface area contributed by atoms with Crippen LogP contribution < -0.4 is 0 Å². The van der Waals surface area contributed by atoms with E-state index in [2.05, 4.69) is 6.92 Å². The summed E-state index contributed by atoms with van der Waals surface area (Å²) in [6.45, 7) is 8.83. The second-order valence-corrected chi connectivity index (χ2v) is 2.84. The molecule has 0 bridgehead atoms. The first kappa shape index (κ1) is 11.2. The van der Waals surface area contributed by atoms with Gasteiger partial charge in [0.15, 0.2) is 0 Å². The standard InChI is InChI=1S/C10H17O2/c1-4-6-7-8-10(5-2)12-9(3)11/h2,5,10H,4,6-8H2,1,3H3/t10-/m1/s1. The zero-order valence-corrected chi connectivity index (χ0v) is 7.88. The van der Waals surface area contributed by atoms with Crippen molar-refractivity contribution in [2.24, 2.45) is 0 Å². The predicted molar refractivity (Wildman–Crippen MR) is 48.6 cm³/mol. The van der Waals surface area contributed by atoms with E-state index in [0.29, 0.717) is 0 Å². The molecule has 0 fully saturated rings. The summed E-state index contributed by atoms with van der Waals surface area (Å²) in [7, 11) is 0. The van der Waals surface area contributed by atoms with E-state index in [1.54, 1.807) is 0 Å². The molecule has 0 unspecified atom stereocenters. The van der Waals surface area contributed by atoms with Crippen LogP contribution in [-0.2, 0) is 9.53 Å². The summed E-state index contributed by atoms with van der Waals surface area (Å²) in [5, 5.41) is 0. The maximum atomic E-state index is 10.5. The number of esters is 1. The molecule has 12 heavy (non-hydrogen) atoms. The zero-order chi connectivity index (χ0) is 9.40. The number of rotatable bonds is 6. The van der Waals surface area contributed by atoms with E-state index in [4.69, 9.17) is 11.3 Å². The Hall–Kier alpha value is -0.790. The van der Waals surface area contributed by atoms with Gasteiger partial charge in [-0.3, -0.25) is 4.79 Å². The molecule has 0 N–H and O–H groups in total. The van der Waals surface area contributed by atoms with E-state index >= 15 is 0 Å². The lowest BCUT2D eigenvalue weighted by Gasteiger charge is -2.11. The van der Waals surface area contributed by atoms with Crippen LogP contribution >= 0.6 is 0 Å². The fourth-order valence-electron chi connectivity index (χ4n) is 1.00. The molecule has 0 aromatic heterocycles. The molecule has 0 spiro atoms. The van der Waals surface area contributed by atoms with Crippen molar-refractivity contribution in [2.75, 3.05) is 0 Å². The van der Waals surface area contributed by atoms with Gasteiger partial charge in [0.1, 0.15) is 6.10 Å². The molecule has 0 aliphatic heterocycles. The first-order chi connectivity index (χ1) is 5.70. The molecule has 0 aromatic carbocycles. The van der Waals surface area contributed by atoms with Crippen LogP contribution in [0.1, 0.15) is 39.5 Å². The van der Waals surface area contributed by atoms with Gasteiger partial charge in [0.2, 0.25) is 0 Å². The molecule has 0 amide bonds. The molecule has 1 atom stereocenters. The van der Waals surface area contributed by atoms with Crippen LogP contribution in [0.5, 0.6) is 0 Å². The molecule has 0 saturated heterocycles. The average Bonchev–Trinajstić information content (AvgIpc) is 2.02. The minimum Gasteiger partial charge on any atom is -0.458 e. The first-order valence-electron chi connectivity index (χ1n) is 4.43. The smallest absolute Gasteiger partial charge is 0.303 e. The Morgan fingerprint density at radius 3 is 2.67 bits per heavy atom. The molecule has 0 aromatic rings. The van der Waals surface area contributed by atoms with Crippen LogP contribution in [0.25, 0.3) is 0 Å². The van der Waals surface area contributed by atoms with E-state index in [0.717, 1.165) is 25.7 Å². The molecule has 0 rings (SSSR count). The number of carbonyl (C=O) groups excluding carboxylic acids is 1. The van der Waals surface area contributed by atoms with E-state index in [-0.39, 0.29) is 12.1 Å². The molecule has 2 heteroatoms. The SMILES string of the molecule is [CH]=C[C@H](CCCCC)OC(C)=O. The van der Waals surface area contributed by atoms with Crippen molar-refractivity contribution in [3.63, 3.8) is 0 Å². The Morgan fingerprint density at radius 1 is 1.58 bits per heavy atom. The van der Waals surface area contributed by atoms with Gasteiger partial charge in [-0.15, -0.1) is 0 Å². The minimum atomic E-state index is -0.266. The summed E-state index contributed by atoms with van der Waals surface area (Å²) in [4.78, 5) is 10.5.